The summed E-state index contributed by atoms with van der Waals surface area (Å²) in [6.45, 7) is 8.34. The van der Waals surface area contributed by atoms with Crippen LogP contribution in [0.4, 0.5) is 0 Å². The third kappa shape index (κ3) is 12.9. The second kappa shape index (κ2) is 20.2. The molecule has 0 saturated carbocycles. The van der Waals surface area contributed by atoms with Crippen LogP contribution < -0.4 is 5.32 Å². The first-order chi connectivity index (χ1) is 21.6. The largest absolute Gasteiger partial charge is 0.466 e. The zero-order valence-electron chi connectivity index (χ0n) is 26.2. The number of morpholine rings is 1. The van der Waals surface area contributed by atoms with Gasteiger partial charge in [0, 0.05) is 23.0 Å². The van der Waals surface area contributed by atoms with E-state index in [1.54, 1.807) is 31.2 Å². The number of hydrogen-bond acceptors (Lipinski definition) is 6. The van der Waals surface area contributed by atoms with Gasteiger partial charge >= 0.3 is 5.97 Å². The molecule has 2 unspecified atom stereocenters. The molecule has 240 valence electrons. The molecule has 1 aliphatic rings. The topological polar surface area (TPSA) is 109 Å². The molecule has 10 heteroatoms. The number of hydrogen-bond donors (Lipinski definition) is 1. The number of nitrogens with zero attached hydrogens (tertiary/aromatic N) is 2. The summed E-state index contributed by atoms with van der Waals surface area (Å²) in [6, 6.07) is 23.3. The molecule has 1 N–H and O–H groups in total. The first-order valence-electron chi connectivity index (χ1n) is 14.9. The number of esters is 1. The fourth-order valence-electron chi connectivity index (χ4n) is 4.32. The lowest BCUT2D eigenvalue weighted by Crippen LogP contribution is -2.49. The van der Waals surface area contributed by atoms with E-state index in [1.807, 2.05) is 55.5 Å². The maximum absolute atomic E-state index is 12.8. The number of rotatable bonds is 9. The van der Waals surface area contributed by atoms with Gasteiger partial charge in [-0.25, -0.2) is 0 Å². The molecule has 0 radical (unpaired) electrons. The monoisotopic (exact) mass is 653 g/mol. The van der Waals surface area contributed by atoms with Crippen molar-refractivity contribution < 1.29 is 23.9 Å². The van der Waals surface area contributed by atoms with Gasteiger partial charge in [0.2, 0.25) is 11.8 Å². The Morgan fingerprint density at radius 2 is 1.51 bits per heavy atom. The quantitative estimate of drug-likeness (QED) is 0.191. The van der Waals surface area contributed by atoms with Crippen molar-refractivity contribution in [3.05, 3.63) is 105 Å². The highest BCUT2D eigenvalue weighted by Gasteiger charge is 2.39. The fraction of sp³-hybridized carbons (Fsp3) is 0.371. The highest BCUT2D eigenvalue weighted by atomic mass is 35.5. The van der Waals surface area contributed by atoms with Crippen LogP contribution in [0.3, 0.4) is 0 Å². The van der Waals surface area contributed by atoms with Crippen LogP contribution >= 0.6 is 23.2 Å². The summed E-state index contributed by atoms with van der Waals surface area (Å²) in [5.74, 6) is -0.909. The number of benzene rings is 3. The minimum Gasteiger partial charge on any atom is -0.466 e. The molecule has 1 aliphatic heterocycles. The van der Waals surface area contributed by atoms with Gasteiger partial charge in [0.15, 0.2) is 0 Å². The summed E-state index contributed by atoms with van der Waals surface area (Å²) in [5.41, 5.74) is 3.55. The summed E-state index contributed by atoms with van der Waals surface area (Å²) in [4.78, 5) is 38.4. The van der Waals surface area contributed by atoms with Crippen LogP contribution in [0.25, 0.3) is 0 Å². The van der Waals surface area contributed by atoms with Crippen LogP contribution in [0.1, 0.15) is 74.4 Å². The summed E-state index contributed by atoms with van der Waals surface area (Å²) in [5, 5.41) is 12.3. The predicted octanol–water partition coefficient (Wildman–Crippen LogP) is 7.38. The Kier molecular flexibility index (Phi) is 16.7. The van der Waals surface area contributed by atoms with Crippen molar-refractivity contribution >= 4 is 41.0 Å². The fourth-order valence-corrected chi connectivity index (χ4v) is 4.57. The second-order valence-electron chi connectivity index (χ2n) is 10.2. The molecule has 1 heterocycles. The van der Waals surface area contributed by atoms with Crippen LogP contribution in [0, 0.1) is 18.3 Å². The smallest absolute Gasteiger partial charge is 0.305 e. The molecule has 0 spiro atoms. The first-order valence-corrected chi connectivity index (χ1v) is 15.7. The van der Waals surface area contributed by atoms with Crippen molar-refractivity contribution in [3.8, 4) is 6.07 Å². The molecule has 1 fully saturated rings. The normalized spacial score (nSPS) is 15.4. The van der Waals surface area contributed by atoms with E-state index in [0.717, 1.165) is 16.7 Å². The lowest BCUT2D eigenvalue weighted by molar-refractivity contribution is -0.160. The Labute approximate surface area is 276 Å². The van der Waals surface area contributed by atoms with Crippen LogP contribution in [0.15, 0.2) is 72.8 Å². The number of carbonyl (C=O) groups excluding carboxylic acids is 3. The van der Waals surface area contributed by atoms with E-state index in [1.165, 1.54) is 16.9 Å². The molecule has 8 nitrogen and oxygen atoms in total. The SMILES string of the molecule is CCC.CCOC(=O)CCCNC(=O)CN1C(=O)COC(c2ccc(Cl)cc2)C1c1ccc(Cl)cc1.Cc1ccc(C#N)cc1. The van der Waals surface area contributed by atoms with Gasteiger partial charge in [0.25, 0.3) is 0 Å². The van der Waals surface area contributed by atoms with Crippen molar-refractivity contribution in [1.29, 1.82) is 5.26 Å². The van der Waals surface area contributed by atoms with E-state index < -0.39 is 12.1 Å². The third-order valence-corrected chi connectivity index (χ3v) is 6.92. The molecule has 0 aromatic heterocycles. The van der Waals surface area contributed by atoms with E-state index in [0.29, 0.717) is 29.6 Å². The van der Waals surface area contributed by atoms with Crippen LogP contribution in [0.2, 0.25) is 10.0 Å². The molecular formula is C35H41Cl2N3O5. The summed E-state index contributed by atoms with van der Waals surface area (Å²) < 4.78 is 10.8. The summed E-state index contributed by atoms with van der Waals surface area (Å²) in [7, 11) is 0. The Balaban J connectivity index is 0.000000493. The zero-order chi connectivity index (χ0) is 33.2. The van der Waals surface area contributed by atoms with Crippen molar-refractivity contribution in [1.82, 2.24) is 10.2 Å². The minimum absolute atomic E-state index is 0.140. The van der Waals surface area contributed by atoms with Gasteiger partial charge in [0.05, 0.1) is 24.3 Å². The second-order valence-corrected chi connectivity index (χ2v) is 11.1. The number of aryl methyl sites for hydroxylation is 1. The number of carbonyl (C=O) groups is 3. The van der Waals surface area contributed by atoms with E-state index in [2.05, 4.69) is 25.2 Å². The minimum atomic E-state index is -0.532. The highest BCUT2D eigenvalue weighted by Crippen LogP contribution is 2.40. The van der Waals surface area contributed by atoms with Crippen molar-refractivity contribution in [3.63, 3.8) is 0 Å². The zero-order valence-corrected chi connectivity index (χ0v) is 27.7. The Morgan fingerprint density at radius 3 is 2.04 bits per heavy atom. The summed E-state index contributed by atoms with van der Waals surface area (Å²) in [6.07, 6.45) is 1.43. The molecule has 4 rings (SSSR count). The van der Waals surface area contributed by atoms with Crippen LogP contribution in [-0.4, -0.2) is 49.0 Å². The lowest BCUT2D eigenvalue weighted by atomic mass is 9.92. The molecule has 2 amide bonds. The Morgan fingerprint density at radius 1 is 0.956 bits per heavy atom. The van der Waals surface area contributed by atoms with Crippen LogP contribution in [-0.2, 0) is 23.9 Å². The molecule has 3 aromatic rings. The Bertz CT molecular complexity index is 1390. The molecule has 0 bridgehead atoms. The predicted molar refractivity (Wildman–Crippen MR) is 177 cm³/mol. The molecule has 0 aliphatic carbocycles. The average Bonchev–Trinajstić information content (AvgIpc) is 3.02. The maximum Gasteiger partial charge on any atom is 0.305 e. The van der Waals surface area contributed by atoms with E-state index in [4.69, 9.17) is 37.9 Å². The van der Waals surface area contributed by atoms with E-state index in [9.17, 15) is 14.4 Å². The molecule has 45 heavy (non-hydrogen) atoms. The number of nitrogens with one attached hydrogen (secondary N) is 1. The first kappa shape index (κ1) is 37.3. The number of ether oxygens (including phenoxy) is 2. The lowest BCUT2D eigenvalue weighted by Gasteiger charge is -2.41. The van der Waals surface area contributed by atoms with Gasteiger partial charge in [-0.3, -0.25) is 14.4 Å². The maximum atomic E-state index is 12.8. The highest BCUT2D eigenvalue weighted by molar-refractivity contribution is 6.30. The van der Waals surface area contributed by atoms with Gasteiger partial charge in [-0.05, 0) is 67.8 Å². The van der Waals surface area contributed by atoms with Crippen molar-refractivity contribution in [2.75, 3.05) is 26.3 Å². The number of amides is 2. The third-order valence-electron chi connectivity index (χ3n) is 6.42. The molecule has 1 saturated heterocycles. The number of nitriles is 1. The molecular weight excluding hydrogens is 613 g/mol. The summed E-state index contributed by atoms with van der Waals surface area (Å²) >= 11 is 12.1. The van der Waals surface area contributed by atoms with Crippen molar-refractivity contribution in [2.24, 2.45) is 0 Å². The van der Waals surface area contributed by atoms with Crippen LogP contribution in [0.5, 0.6) is 0 Å². The van der Waals surface area contributed by atoms with Gasteiger partial charge in [-0.1, -0.05) is 85.4 Å². The van der Waals surface area contributed by atoms with E-state index in [-0.39, 0.29) is 37.4 Å². The van der Waals surface area contributed by atoms with Gasteiger partial charge in [0.1, 0.15) is 19.3 Å². The van der Waals surface area contributed by atoms with Gasteiger partial charge in [-0.2, -0.15) is 5.26 Å². The molecule has 2 atom stereocenters. The van der Waals surface area contributed by atoms with E-state index >= 15 is 0 Å². The van der Waals surface area contributed by atoms with Gasteiger partial charge < -0.3 is 19.7 Å². The molecule has 3 aromatic carbocycles. The van der Waals surface area contributed by atoms with Gasteiger partial charge in [-0.15, -0.1) is 0 Å². The standard InChI is InChI=1S/C24H26Cl2N2O5.C8H7N.C3H8/c1-2-32-22(31)4-3-13-27-20(29)14-28-21(30)15-33-24(17-7-11-19(26)12-8-17)23(28)16-5-9-18(25)10-6-16;1-7-2-4-8(6-9)5-3-7;1-3-2/h5-12,23-24H,2-4,13-15H2,1H3,(H,27,29);2-5H,1H3;3H2,1-2H3. The number of halogens is 2. The Hall–Kier alpha value is -3.90. The average molecular weight is 655 g/mol. The van der Waals surface area contributed by atoms with Crippen molar-refractivity contribution in [2.45, 2.75) is 59.1 Å².